The molecule has 2 heterocycles. The van der Waals surface area contributed by atoms with Crippen molar-refractivity contribution < 1.29 is 4.79 Å². The Kier molecular flexibility index (Phi) is 3.35. The first-order valence-corrected chi connectivity index (χ1v) is 7.67. The summed E-state index contributed by atoms with van der Waals surface area (Å²) in [4.78, 5) is 23.5. The highest BCUT2D eigenvalue weighted by atomic mass is 35.5. The molecule has 0 fully saturated rings. The van der Waals surface area contributed by atoms with Crippen LogP contribution in [0.15, 0.2) is 58.5 Å². The van der Waals surface area contributed by atoms with Crippen LogP contribution in [0, 0.1) is 0 Å². The Balaban J connectivity index is 1.68. The Bertz CT molecular complexity index is 859. The fourth-order valence-electron chi connectivity index (χ4n) is 2.72. The normalized spacial score (nSPS) is 15.4. The van der Waals surface area contributed by atoms with Gasteiger partial charge in [0.15, 0.2) is 0 Å². The average Bonchev–Trinajstić information content (AvgIpc) is 3.05. The van der Waals surface area contributed by atoms with Crippen molar-refractivity contribution in [3.05, 3.63) is 64.7 Å². The van der Waals surface area contributed by atoms with E-state index in [1.54, 1.807) is 24.3 Å². The summed E-state index contributed by atoms with van der Waals surface area (Å²) in [6.45, 7) is 1.40. The minimum absolute atomic E-state index is 0.239. The van der Waals surface area contributed by atoms with Crippen LogP contribution in [0.3, 0.4) is 0 Å². The number of halogens is 1. The molecular weight excluding hydrogens is 312 g/mol. The molecule has 6 heteroatoms. The summed E-state index contributed by atoms with van der Waals surface area (Å²) < 4.78 is 0. The standard InChI is InChI=1S/C17H13ClN4O/c18-12-5-3-4-11(10-12)16(23)21-17-20-14-7-2-1-6-13(14)15-19-8-9-22(15)17/h1-7,10H,8-9H2,(H,20,21,23). The number of aliphatic imine (C=N–C) groups is 2. The van der Waals surface area contributed by atoms with Gasteiger partial charge in [-0.1, -0.05) is 29.8 Å². The van der Waals surface area contributed by atoms with Crippen LogP contribution in [-0.2, 0) is 0 Å². The van der Waals surface area contributed by atoms with Crippen LogP contribution in [0.25, 0.3) is 0 Å². The van der Waals surface area contributed by atoms with Crippen LogP contribution in [0.2, 0.25) is 5.02 Å². The van der Waals surface area contributed by atoms with Gasteiger partial charge in [0.1, 0.15) is 5.84 Å². The van der Waals surface area contributed by atoms with Gasteiger partial charge in [0.25, 0.3) is 5.91 Å². The van der Waals surface area contributed by atoms with Crippen LogP contribution < -0.4 is 5.32 Å². The number of nitrogens with zero attached hydrogens (tertiary/aromatic N) is 3. The zero-order valence-electron chi connectivity index (χ0n) is 12.2. The second-order valence-corrected chi connectivity index (χ2v) is 5.71. The van der Waals surface area contributed by atoms with E-state index in [1.807, 2.05) is 29.2 Å². The highest BCUT2D eigenvalue weighted by molar-refractivity contribution is 6.31. The number of hydrogen-bond acceptors (Lipinski definition) is 4. The van der Waals surface area contributed by atoms with Gasteiger partial charge >= 0.3 is 0 Å². The van der Waals surface area contributed by atoms with Crippen molar-refractivity contribution >= 4 is 35.0 Å². The van der Waals surface area contributed by atoms with E-state index < -0.39 is 0 Å². The largest absolute Gasteiger partial charge is 0.294 e. The lowest BCUT2D eigenvalue weighted by Crippen LogP contribution is -2.47. The first kappa shape index (κ1) is 14.0. The zero-order valence-corrected chi connectivity index (χ0v) is 12.9. The fraction of sp³-hybridized carbons (Fsp3) is 0.118. The highest BCUT2D eigenvalue weighted by Crippen LogP contribution is 2.27. The number of fused-ring (bicyclic) bond motifs is 3. The van der Waals surface area contributed by atoms with Crippen LogP contribution in [-0.4, -0.2) is 35.7 Å². The molecule has 0 spiro atoms. The predicted molar refractivity (Wildman–Crippen MR) is 90.6 cm³/mol. The Morgan fingerprint density at radius 2 is 2.04 bits per heavy atom. The highest BCUT2D eigenvalue weighted by Gasteiger charge is 2.30. The molecule has 0 aromatic heterocycles. The van der Waals surface area contributed by atoms with Gasteiger partial charge in [0.05, 0.1) is 12.2 Å². The first-order valence-electron chi connectivity index (χ1n) is 7.29. The maximum absolute atomic E-state index is 12.4. The maximum Gasteiger partial charge on any atom is 0.258 e. The second kappa shape index (κ2) is 5.52. The number of benzene rings is 2. The molecule has 0 saturated heterocycles. The fourth-order valence-corrected chi connectivity index (χ4v) is 2.91. The number of para-hydroxylation sites is 1. The minimum Gasteiger partial charge on any atom is -0.294 e. The van der Waals surface area contributed by atoms with Crippen LogP contribution in [0.4, 0.5) is 5.69 Å². The van der Waals surface area contributed by atoms with Gasteiger partial charge in [-0.25, -0.2) is 4.99 Å². The van der Waals surface area contributed by atoms with Gasteiger partial charge in [-0.2, -0.15) is 0 Å². The predicted octanol–water partition coefficient (Wildman–Crippen LogP) is 2.83. The van der Waals surface area contributed by atoms with Gasteiger partial charge in [0.2, 0.25) is 5.96 Å². The second-order valence-electron chi connectivity index (χ2n) is 5.27. The molecule has 0 saturated carbocycles. The lowest BCUT2D eigenvalue weighted by atomic mass is 10.1. The van der Waals surface area contributed by atoms with Crippen LogP contribution in [0.5, 0.6) is 0 Å². The van der Waals surface area contributed by atoms with Crippen LogP contribution in [0.1, 0.15) is 15.9 Å². The minimum atomic E-state index is -0.239. The Labute approximate surface area is 138 Å². The number of guanidine groups is 1. The van der Waals surface area contributed by atoms with Crippen molar-refractivity contribution in [2.75, 3.05) is 13.1 Å². The molecule has 4 rings (SSSR count). The van der Waals surface area contributed by atoms with E-state index in [1.165, 1.54) is 0 Å². The number of carbonyl (C=O) groups excluding carboxylic acids is 1. The Morgan fingerprint density at radius 1 is 1.17 bits per heavy atom. The molecule has 0 radical (unpaired) electrons. The molecule has 5 nitrogen and oxygen atoms in total. The summed E-state index contributed by atoms with van der Waals surface area (Å²) in [6.07, 6.45) is 0. The molecular formula is C17H13ClN4O. The number of amidine groups is 1. The molecule has 0 unspecified atom stereocenters. The van der Waals surface area contributed by atoms with Crippen molar-refractivity contribution in [2.24, 2.45) is 9.98 Å². The zero-order chi connectivity index (χ0) is 15.8. The molecule has 0 atom stereocenters. The molecule has 2 aromatic carbocycles. The lowest BCUT2D eigenvalue weighted by Gasteiger charge is -2.27. The van der Waals surface area contributed by atoms with Gasteiger partial charge in [-0.15, -0.1) is 0 Å². The van der Waals surface area contributed by atoms with Crippen LogP contribution >= 0.6 is 11.6 Å². The topological polar surface area (TPSA) is 57.1 Å². The van der Waals surface area contributed by atoms with E-state index in [0.29, 0.717) is 29.6 Å². The summed E-state index contributed by atoms with van der Waals surface area (Å²) in [5, 5.41) is 3.40. The third kappa shape index (κ3) is 2.49. The lowest BCUT2D eigenvalue weighted by molar-refractivity contribution is 0.0974. The smallest absolute Gasteiger partial charge is 0.258 e. The number of amides is 1. The monoisotopic (exact) mass is 324 g/mol. The van der Waals surface area contributed by atoms with Gasteiger partial charge in [-0.05, 0) is 30.3 Å². The quantitative estimate of drug-likeness (QED) is 0.877. The summed E-state index contributed by atoms with van der Waals surface area (Å²) in [7, 11) is 0. The molecule has 1 amide bonds. The summed E-state index contributed by atoms with van der Waals surface area (Å²) in [6, 6.07) is 14.6. The van der Waals surface area contributed by atoms with E-state index in [0.717, 1.165) is 17.1 Å². The van der Waals surface area contributed by atoms with Crippen molar-refractivity contribution in [2.45, 2.75) is 0 Å². The number of nitrogens with one attached hydrogen (secondary N) is 1. The van der Waals surface area contributed by atoms with Crippen molar-refractivity contribution in [1.82, 2.24) is 10.2 Å². The van der Waals surface area contributed by atoms with E-state index in [4.69, 9.17) is 11.6 Å². The first-order chi connectivity index (χ1) is 11.2. The third-order valence-corrected chi connectivity index (χ3v) is 4.02. The molecule has 23 heavy (non-hydrogen) atoms. The molecule has 114 valence electrons. The third-order valence-electron chi connectivity index (χ3n) is 3.78. The SMILES string of the molecule is O=C(NC1=Nc2ccccc2C2=NCCN12)c1cccc(Cl)c1. The van der Waals surface area contributed by atoms with Gasteiger partial charge < -0.3 is 0 Å². The molecule has 2 aromatic rings. The maximum atomic E-state index is 12.4. The summed E-state index contributed by atoms with van der Waals surface area (Å²) in [5.41, 5.74) is 2.30. The average molecular weight is 325 g/mol. The van der Waals surface area contributed by atoms with Gasteiger partial charge in [-0.3, -0.25) is 20.0 Å². The van der Waals surface area contributed by atoms with Gasteiger partial charge in [0, 0.05) is 22.7 Å². The number of carbonyl (C=O) groups is 1. The summed E-state index contributed by atoms with van der Waals surface area (Å²) >= 11 is 5.95. The molecule has 2 aliphatic heterocycles. The van der Waals surface area contributed by atoms with E-state index in [-0.39, 0.29) is 5.91 Å². The van der Waals surface area contributed by atoms with E-state index in [2.05, 4.69) is 15.3 Å². The Hall–Kier alpha value is -2.66. The molecule has 1 N–H and O–H groups in total. The molecule has 0 bridgehead atoms. The Morgan fingerprint density at radius 3 is 2.91 bits per heavy atom. The number of rotatable bonds is 1. The van der Waals surface area contributed by atoms with Crippen molar-refractivity contribution in [3.8, 4) is 0 Å². The summed E-state index contributed by atoms with van der Waals surface area (Å²) in [5.74, 6) is 1.12. The number of hydrogen-bond donors (Lipinski definition) is 1. The molecule has 2 aliphatic rings. The van der Waals surface area contributed by atoms with E-state index >= 15 is 0 Å². The molecule has 0 aliphatic carbocycles. The van der Waals surface area contributed by atoms with Crippen molar-refractivity contribution in [1.29, 1.82) is 0 Å². The van der Waals surface area contributed by atoms with Crippen molar-refractivity contribution in [3.63, 3.8) is 0 Å². The van der Waals surface area contributed by atoms with E-state index in [9.17, 15) is 4.79 Å².